The minimum Gasteiger partial charge on any atom is -0.448 e. The van der Waals surface area contributed by atoms with E-state index in [-0.39, 0.29) is 5.92 Å². The fraction of sp³-hybridized carbons (Fsp3) is 0.308. The average Bonchev–Trinajstić information content (AvgIpc) is 2.76. The van der Waals surface area contributed by atoms with Crippen molar-refractivity contribution in [1.29, 1.82) is 0 Å². The van der Waals surface area contributed by atoms with Crippen molar-refractivity contribution in [3.05, 3.63) is 52.7 Å². The molecule has 0 radical (unpaired) electrons. The molecule has 2 rings (SSSR count). The van der Waals surface area contributed by atoms with Crippen LogP contribution in [0.2, 0.25) is 5.02 Å². The van der Waals surface area contributed by atoms with Crippen LogP contribution in [0.5, 0.6) is 0 Å². The third-order valence-corrected chi connectivity index (χ3v) is 2.91. The van der Waals surface area contributed by atoms with Crippen molar-refractivity contribution < 1.29 is 4.42 Å². The SMILES string of the molecule is CC(CN)c1coc(Cc2cccc(Cl)c2)n1. The van der Waals surface area contributed by atoms with Crippen molar-refractivity contribution in [2.45, 2.75) is 19.3 Å². The summed E-state index contributed by atoms with van der Waals surface area (Å²) >= 11 is 5.92. The lowest BCUT2D eigenvalue weighted by Gasteiger charge is -2.01. The number of oxazole rings is 1. The Bertz CT molecular complexity index is 496. The minimum atomic E-state index is 0.229. The Balaban J connectivity index is 2.11. The van der Waals surface area contributed by atoms with Gasteiger partial charge in [0.05, 0.1) is 5.69 Å². The summed E-state index contributed by atoms with van der Waals surface area (Å²) in [5, 5.41) is 0.726. The smallest absolute Gasteiger partial charge is 0.198 e. The van der Waals surface area contributed by atoms with Crippen LogP contribution in [-0.4, -0.2) is 11.5 Å². The lowest BCUT2D eigenvalue weighted by Crippen LogP contribution is -2.09. The van der Waals surface area contributed by atoms with Crippen LogP contribution >= 0.6 is 11.6 Å². The Kier molecular flexibility index (Phi) is 3.82. The molecule has 1 aromatic carbocycles. The summed E-state index contributed by atoms with van der Waals surface area (Å²) in [7, 11) is 0. The number of benzene rings is 1. The summed E-state index contributed by atoms with van der Waals surface area (Å²) in [6.45, 7) is 2.60. The van der Waals surface area contributed by atoms with Crippen molar-refractivity contribution in [2.24, 2.45) is 5.73 Å². The normalized spacial score (nSPS) is 12.6. The fourth-order valence-electron chi connectivity index (χ4n) is 1.57. The molecule has 90 valence electrons. The number of nitrogens with two attached hydrogens (primary N) is 1. The van der Waals surface area contributed by atoms with Crippen LogP contribution in [0, 0.1) is 0 Å². The van der Waals surface area contributed by atoms with E-state index < -0.39 is 0 Å². The van der Waals surface area contributed by atoms with Gasteiger partial charge in [-0.2, -0.15) is 0 Å². The van der Waals surface area contributed by atoms with E-state index in [2.05, 4.69) is 4.98 Å². The molecule has 2 N–H and O–H groups in total. The maximum absolute atomic E-state index is 5.92. The first-order valence-corrected chi connectivity index (χ1v) is 5.95. The molecule has 0 saturated heterocycles. The first-order valence-electron chi connectivity index (χ1n) is 5.58. The standard InChI is InChI=1S/C13H15ClN2O/c1-9(7-15)12-8-17-13(16-12)6-10-3-2-4-11(14)5-10/h2-5,8-9H,6-7,15H2,1H3. The maximum atomic E-state index is 5.92. The Morgan fingerprint density at radius 2 is 2.29 bits per heavy atom. The fourth-order valence-corrected chi connectivity index (χ4v) is 1.79. The van der Waals surface area contributed by atoms with Gasteiger partial charge in [0.15, 0.2) is 5.89 Å². The quantitative estimate of drug-likeness (QED) is 0.908. The van der Waals surface area contributed by atoms with Crippen LogP contribution in [0.25, 0.3) is 0 Å². The predicted octanol–water partition coefficient (Wildman–Crippen LogP) is 2.98. The van der Waals surface area contributed by atoms with Crippen molar-refractivity contribution in [3.63, 3.8) is 0 Å². The molecular weight excluding hydrogens is 236 g/mol. The number of hydrogen-bond donors (Lipinski definition) is 1. The summed E-state index contributed by atoms with van der Waals surface area (Å²) < 4.78 is 5.42. The first-order chi connectivity index (χ1) is 8.19. The molecule has 3 nitrogen and oxygen atoms in total. The minimum absolute atomic E-state index is 0.229. The predicted molar refractivity (Wildman–Crippen MR) is 68.2 cm³/mol. The van der Waals surface area contributed by atoms with Gasteiger partial charge in [0.25, 0.3) is 0 Å². The lowest BCUT2D eigenvalue weighted by molar-refractivity contribution is 0.505. The van der Waals surface area contributed by atoms with Crippen LogP contribution in [0.4, 0.5) is 0 Å². The van der Waals surface area contributed by atoms with Gasteiger partial charge in [-0.05, 0) is 17.7 Å². The number of hydrogen-bond acceptors (Lipinski definition) is 3. The zero-order chi connectivity index (χ0) is 12.3. The van der Waals surface area contributed by atoms with Crippen molar-refractivity contribution in [1.82, 2.24) is 4.98 Å². The van der Waals surface area contributed by atoms with E-state index in [1.54, 1.807) is 6.26 Å². The Hall–Kier alpha value is -1.32. The Morgan fingerprint density at radius 1 is 1.47 bits per heavy atom. The Labute approximate surface area is 106 Å². The molecule has 0 aliphatic heterocycles. The first kappa shape index (κ1) is 12.1. The van der Waals surface area contributed by atoms with Gasteiger partial charge in [-0.1, -0.05) is 30.7 Å². The molecule has 1 atom stereocenters. The molecule has 0 amide bonds. The summed E-state index contributed by atoms with van der Waals surface area (Å²) in [5.41, 5.74) is 7.58. The summed E-state index contributed by atoms with van der Waals surface area (Å²) in [6.07, 6.45) is 2.33. The van der Waals surface area contributed by atoms with Gasteiger partial charge in [0.2, 0.25) is 0 Å². The highest BCUT2D eigenvalue weighted by atomic mass is 35.5. The van der Waals surface area contributed by atoms with E-state index in [4.69, 9.17) is 21.8 Å². The van der Waals surface area contributed by atoms with E-state index in [1.807, 2.05) is 31.2 Å². The highest BCUT2D eigenvalue weighted by Gasteiger charge is 2.10. The van der Waals surface area contributed by atoms with E-state index in [9.17, 15) is 0 Å². The molecule has 0 saturated carbocycles. The third-order valence-electron chi connectivity index (χ3n) is 2.67. The van der Waals surface area contributed by atoms with Gasteiger partial charge in [-0.25, -0.2) is 4.98 Å². The molecule has 1 aromatic heterocycles. The van der Waals surface area contributed by atoms with Gasteiger partial charge < -0.3 is 10.2 Å². The molecule has 0 aliphatic rings. The van der Waals surface area contributed by atoms with Crippen LogP contribution in [-0.2, 0) is 6.42 Å². The molecule has 1 unspecified atom stereocenters. The van der Waals surface area contributed by atoms with Crippen molar-refractivity contribution in [2.75, 3.05) is 6.54 Å². The molecule has 0 aliphatic carbocycles. The highest BCUT2D eigenvalue weighted by Crippen LogP contribution is 2.17. The molecule has 1 heterocycles. The van der Waals surface area contributed by atoms with Crippen LogP contribution in [0.1, 0.15) is 30.0 Å². The summed E-state index contributed by atoms with van der Waals surface area (Å²) in [5.74, 6) is 0.925. The number of aromatic nitrogens is 1. The van der Waals surface area contributed by atoms with Gasteiger partial charge >= 0.3 is 0 Å². The largest absolute Gasteiger partial charge is 0.448 e. The second-order valence-corrected chi connectivity index (χ2v) is 4.55. The van der Waals surface area contributed by atoms with Gasteiger partial charge in [-0.15, -0.1) is 0 Å². The number of nitrogens with zero attached hydrogens (tertiary/aromatic N) is 1. The van der Waals surface area contributed by atoms with Gasteiger partial charge in [0.1, 0.15) is 6.26 Å². The summed E-state index contributed by atoms with van der Waals surface area (Å²) in [6, 6.07) is 7.69. The van der Waals surface area contributed by atoms with E-state index in [0.29, 0.717) is 18.9 Å². The zero-order valence-electron chi connectivity index (χ0n) is 9.69. The van der Waals surface area contributed by atoms with E-state index in [0.717, 1.165) is 16.3 Å². The van der Waals surface area contributed by atoms with Crippen LogP contribution in [0.3, 0.4) is 0 Å². The third kappa shape index (κ3) is 3.08. The van der Waals surface area contributed by atoms with Gasteiger partial charge in [-0.3, -0.25) is 0 Å². The number of rotatable bonds is 4. The molecule has 17 heavy (non-hydrogen) atoms. The van der Waals surface area contributed by atoms with Gasteiger partial charge in [0, 0.05) is 23.9 Å². The topological polar surface area (TPSA) is 52.0 Å². The monoisotopic (exact) mass is 250 g/mol. The second kappa shape index (κ2) is 5.34. The molecule has 0 spiro atoms. The van der Waals surface area contributed by atoms with Crippen molar-refractivity contribution in [3.8, 4) is 0 Å². The second-order valence-electron chi connectivity index (χ2n) is 4.11. The lowest BCUT2D eigenvalue weighted by atomic mass is 10.1. The molecule has 2 aromatic rings. The van der Waals surface area contributed by atoms with Crippen LogP contribution < -0.4 is 5.73 Å². The average molecular weight is 251 g/mol. The highest BCUT2D eigenvalue weighted by molar-refractivity contribution is 6.30. The maximum Gasteiger partial charge on any atom is 0.198 e. The van der Waals surface area contributed by atoms with Crippen LogP contribution in [0.15, 0.2) is 34.9 Å². The molecule has 0 fully saturated rings. The molecule has 0 bridgehead atoms. The van der Waals surface area contributed by atoms with E-state index >= 15 is 0 Å². The van der Waals surface area contributed by atoms with E-state index in [1.165, 1.54) is 0 Å². The zero-order valence-corrected chi connectivity index (χ0v) is 10.4. The number of halogens is 1. The van der Waals surface area contributed by atoms with Crippen molar-refractivity contribution >= 4 is 11.6 Å². The summed E-state index contributed by atoms with van der Waals surface area (Å²) in [4.78, 5) is 4.42. The Morgan fingerprint density at radius 3 is 3.00 bits per heavy atom. The molecule has 4 heteroatoms. The molecular formula is C13H15ClN2O.